The Balaban J connectivity index is 2.36. The highest BCUT2D eigenvalue weighted by Crippen LogP contribution is 2.29. The van der Waals surface area contributed by atoms with E-state index >= 15 is 0 Å². The molecule has 0 N–H and O–H groups in total. The lowest BCUT2D eigenvalue weighted by molar-refractivity contribution is 0.139. The zero-order valence-electron chi connectivity index (χ0n) is 11.7. The molecule has 1 aliphatic rings. The number of likely N-dealkylation sites (N-methyl/N-ethyl adjacent to an activating group) is 1. The van der Waals surface area contributed by atoms with Gasteiger partial charge in [-0.25, -0.2) is 0 Å². The lowest BCUT2D eigenvalue weighted by atomic mass is 9.97. The number of rotatable bonds is 1. The van der Waals surface area contributed by atoms with Crippen molar-refractivity contribution in [1.29, 1.82) is 5.26 Å². The van der Waals surface area contributed by atoms with Crippen LogP contribution >= 0.6 is 0 Å². The molecule has 18 heavy (non-hydrogen) atoms. The monoisotopic (exact) mass is 243 g/mol. The van der Waals surface area contributed by atoms with E-state index < -0.39 is 0 Å². The van der Waals surface area contributed by atoms with Gasteiger partial charge in [0.15, 0.2) is 0 Å². The molecule has 0 saturated carbocycles. The summed E-state index contributed by atoms with van der Waals surface area (Å²) in [5, 5.41) is 9.27. The molecule has 1 aromatic rings. The van der Waals surface area contributed by atoms with Crippen LogP contribution in [0.1, 0.15) is 25.0 Å². The minimum atomic E-state index is 0.146. The molecule has 3 nitrogen and oxygen atoms in total. The molecule has 0 bridgehead atoms. The van der Waals surface area contributed by atoms with Crippen LogP contribution in [0.2, 0.25) is 0 Å². The molecule has 1 fully saturated rings. The van der Waals surface area contributed by atoms with E-state index in [1.165, 1.54) is 5.56 Å². The van der Waals surface area contributed by atoms with Gasteiger partial charge < -0.3 is 4.90 Å². The van der Waals surface area contributed by atoms with Crippen LogP contribution in [0.25, 0.3) is 0 Å². The second-order valence-corrected chi connectivity index (χ2v) is 5.74. The number of para-hydroxylation sites is 1. The molecule has 2 rings (SSSR count). The van der Waals surface area contributed by atoms with Gasteiger partial charge in [0.05, 0.1) is 11.3 Å². The molecule has 0 spiro atoms. The quantitative estimate of drug-likeness (QED) is 0.758. The summed E-state index contributed by atoms with van der Waals surface area (Å²) >= 11 is 0. The highest BCUT2D eigenvalue weighted by atomic mass is 15.3. The molecule has 0 atom stereocenters. The molecule has 0 unspecified atom stereocenters. The van der Waals surface area contributed by atoms with Crippen LogP contribution in [0.3, 0.4) is 0 Å². The van der Waals surface area contributed by atoms with E-state index in [2.05, 4.69) is 49.8 Å². The molecule has 1 saturated heterocycles. The third-order valence-corrected chi connectivity index (χ3v) is 3.99. The predicted octanol–water partition coefficient (Wildman–Crippen LogP) is 2.40. The van der Waals surface area contributed by atoms with Gasteiger partial charge in [-0.15, -0.1) is 0 Å². The van der Waals surface area contributed by atoms with Gasteiger partial charge in [-0.1, -0.05) is 12.1 Å². The average Bonchev–Trinajstić information content (AvgIpc) is 2.32. The Morgan fingerprint density at radius 1 is 1.28 bits per heavy atom. The van der Waals surface area contributed by atoms with E-state index in [0.29, 0.717) is 0 Å². The van der Waals surface area contributed by atoms with Crippen LogP contribution < -0.4 is 4.90 Å². The average molecular weight is 243 g/mol. The second kappa shape index (κ2) is 4.62. The van der Waals surface area contributed by atoms with Gasteiger partial charge in [0, 0.05) is 25.2 Å². The van der Waals surface area contributed by atoms with Crippen molar-refractivity contribution in [2.45, 2.75) is 26.3 Å². The fourth-order valence-corrected chi connectivity index (χ4v) is 2.60. The Morgan fingerprint density at radius 3 is 2.61 bits per heavy atom. The number of nitrogens with zero attached hydrogens (tertiary/aromatic N) is 3. The highest BCUT2D eigenvalue weighted by molar-refractivity contribution is 5.64. The topological polar surface area (TPSA) is 30.3 Å². The van der Waals surface area contributed by atoms with E-state index in [1.54, 1.807) is 0 Å². The summed E-state index contributed by atoms with van der Waals surface area (Å²) in [5.74, 6) is 0. The van der Waals surface area contributed by atoms with Crippen molar-refractivity contribution in [1.82, 2.24) is 4.90 Å². The molecule has 0 aromatic heterocycles. The van der Waals surface area contributed by atoms with Gasteiger partial charge in [0.25, 0.3) is 0 Å². The number of piperazine rings is 1. The fourth-order valence-electron chi connectivity index (χ4n) is 2.60. The fraction of sp³-hybridized carbons (Fsp3) is 0.533. The first kappa shape index (κ1) is 12.9. The molecule has 1 aliphatic heterocycles. The van der Waals surface area contributed by atoms with Gasteiger partial charge in [-0.05, 0) is 39.4 Å². The zero-order chi connectivity index (χ0) is 13.3. The number of nitriles is 1. The van der Waals surface area contributed by atoms with Crippen LogP contribution in [0, 0.1) is 18.3 Å². The first-order valence-corrected chi connectivity index (χ1v) is 6.41. The van der Waals surface area contributed by atoms with Crippen molar-refractivity contribution in [2.75, 3.05) is 31.6 Å². The largest absolute Gasteiger partial charge is 0.367 e. The van der Waals surface area contributed by atoms with E-state index in [-0.39, 0.29) is 5.54 Å². The van der Waals surface area contributed by atoms with Crippen molar-refractivity contribution >= 4 is 5.69 Å². The highest BCUT2D eigenvalue weighted by Gasteiger charge is 2.32. The van der Waals surface area contributed by atoms with E-state index in [1.807, 2.05) is 12.1 Å². The van der Waals surface area contributed by atoms with Crippen molar-refractivity contribution in [3.8, 4) is 6.07 Å². The predicted molar refractivity (Wildman–Crippen MR) is 74.8 cm³/mol. The summed E-state index contributed by atoms with van der Waals surface area (Å²) in [6.45, 7) is 9.57. The lowest BCUT2D eigenvalue weighted by Gasteiger charge is -2.46. The smallest absolute Gasteiger partial charge is 0.101 e. The van der Waals surface area contributed by atoms with Crippen LogP contribution in [-0.4, -0.2) is 37.1 Å². The standard InChI is InChI=1S/C15H21N3/c1-12-6-5-7-13(10-16)14(12)18-9-8-17(4)15(2,3)11-18/h5-7H,8-9,11H2,1-4H3. The van der Waals surface area contributed by atoms with Crippen LogP contribution in [0.4, 0.5) is 5.69 Å². The molecule has 1 aromatic carbocycles. The molecular weight excluding hydrogens is 222 g/mol. The SMILES string of the molecule is Cc1cccc(C#N)c1N1CCN(C)C(C)(C)C1. The Hall–Kier alpha value is -1.53. The number of hydrogen-bond donors (Lipinski definition) is 0. The van der Waals surface area contributed by atoms with Crippen molar-refractivity contribution in [2.24, 2.45) is 0 Å². The van der Waals surface area contributed by atoms with E-state index in [4.69, 9.17) is 0 Å². The first-order valence-electron chi connectivity index (χ1n) is 6.41. The van der Waals surface area contributed by atoms with E-state index in [0.717, 1.165) is 30.9 Å². The van der Waals surface area contributed by atoms with Gasteiger partial charge in [-0.2, -0.15) is 5.26 Å². The summed E-state index contributed by atoms with van der Waals surface area (Å²) in [4.78, 5) is 4.74. The van der Waals surface area contributed by atoms with Gasteiger partial charge >= 0.3 is 0 Å². The minimum Gasteiger partial charge on any atom is -0.367 e. The molecule has 96 valence electrons. The maximum atomic E-state index is 9.27. The maximum absolute atomic E-state index is 9.27. The number of aryl methyl sites for hydroxylation is 1. The number of hydrogen-bond acceptors (Lipinski definition) is 3. The lowest BCUT2D eigenvalue weighted by Crippen LogP contribution is -2.58. The molecule has 0 amide bonds. The number of anilines is 1. The number of benzene rings is 1. The van der Waals surface area contributed by atoms with Crippen molar-refractivity contribution in [3.63, 3.8) is 0 Å². The van der Waals surface area contributed by atoms with Gasteiger partial charge in [0.1, 0.15) is 6.07 Å². The summed E-state index contributed by atoms with van der Waals surface area (Å²) in [6, 6.07) is 8.27. The summed E-state index contributed by atoms with van der Waals surface area (Å²) in [5.41, 5.74) is 3.23. The van der Waals surface area contributed by atoms with Crippen molar-refractivity contribution in [3.05, 3.63) is 29.3 Å². The summed E-state index contributed by atoms with van der Waals surface area (Å²) < 4.78 is 0. The van der Waals surface area contributed by atoms with Gasteiger partial charge in [-0.3, -0.25) is 4.90 Å². The zero-order valence-corrected chi connectivity index (χ0v) is 11.7. The molecular formula is C15H21N3. The van der Waals surface area contributed by atoms with Crippen LogP contribution in [0.15, 0.2) is 18.2 Å². The Bertz CT molecular complexity index is 485. The summed E-state index contributed by atoms with van der Waals surface area (Å²) in [6.07, 6.45) is 0. The molecule has 3 heteroatoms. The third-order valence-electron chi connectivity index (χ3n) is 3.99. The minimum absolute atomic E-state index is 0.146. The normalized spacial score (nSPS) is 19.6. The summed E-state index contributed by atoms with van der Waals surface area (Å²) in [7, 11) is 2.17. The Kier molecular flexibility index (Phi) is 3.32. The van der Waals surface area contributed by atoms with Crippen LogP contribution in [0.5, 0.6) is 0 Å². The van der Waals surface area contributed by atoms with Crippen molar-refractivity contribution < 1.29 is 0 Å². The second-order valence-electron chi connectivity index (χ2n) is 5.74. The first-order chi connectivity index (χ1) is 8.45. The Morgan fingerprint density at radius 2 is 2.00 bits per heavy atom. The van der Waals surface area contributed by atoms with E-state index in [9.17, 15) is 5.26 Å². The Labute approximate surface area is 110 Å². The van der Waals surface area contributed by atoms with Crippen LogP contribution in [-0.2, 0) is 0 Å². The third kappa shape index (κ3) is 2.21. The maximum Gasteiger partial charge on any atom is 0.101 e. The molecule has 0 radical (unpaired) electrons. The molecule has 1 heterocycles. The molecule has 0 aliphatic carbocycles. The van der Waals surface area contributed by atoms with Gasteiger partial charge in [0.2, 0.25) is 0 Å².